The van der Waals surface area contributed by atoms with Gasteiger partial charge in [-0.15, -0.1) is 0 Å². The number of aromatic nitrogens is 3. The summed E-state index contributed by atoms with van der Waals surface area (Å²) in [6.45, 7) is 0.240. The number of halogens is 2. The molecular weight excluding hydrogens is 339 g/mol. The van der Waals surface area contributed by atoms with Gasteiger partial charge in [-0.1, -0.05) is 11.6 Å². The largest absolute Gasteiger partial charge is 0.341 e. The monoisotopic (exact) mass is 344 g/mol. The first-order chi connectivity index (χ1) is 8.97. The zero-order valence-corrected chi connectivity index (χ0v) is 11.6. The number of hydrogen-bond acceptors (Lipinski definition) is 5. The summed E-state index contributed by atoms with van der Waals surface area (Å²) in [6, 6.07) is 0. The maximum absolute atomic E-state index is 11.5. The van der Waals surface area contributed by atoms with Gasteiger partial charge in [0.25, 0.3) is 5.43 Å². The molecule has 0 fully saturated rings. The Morgan fingerprint density at radius 2 is 2.11 bits per heavy atom. The molecule has 2 heterocycles. The van der Waals surface area contributed by atoms with E-state index in [1.165, 1.54) is 23.2 Å². The van der Waals surface area contributed by atoms with Gasteiger partial charge in [0.1, 0.15) is 5.15 Å². The van der Waals surface area contributed by atoms with E-state index in [0.717, 1.165) is 6.20 Å². The lowest BCUT2D eigenvalue weighted by atomic mass is 10.3. The van der Waals surface area contributed by atoms with Crippen LogP contribution in [0.15, 0.2) is 34.1 Å². The van der Waals surface area contributed by atoms with Crippen LogP contribution in [0.3, 0.4) is 0 Å². The highest BCUT2D eigenvalue weighted by Crippen LogP contribution is 2.12. The van der Waals surface area contributed by atoms with Crippen LogP contribution in [0.4, 0.5) is 5.69 Å². The van der Waals surface area contributed by atoms with E-state index in [0.29, 0.717) is 5.69 Å². The minimum absolute atomic E-state index is 0.114. The summed E-state index contributed by atoms with van der Waals surface area (Å²) in [7, 11) is 0. The molecule has 2 aromatic rings. The van der Waals surface area contributed by atoms with Crippen LogP contribution >= 0.6 is 27.5 Å². The Balaban J connectivity index is 2.38. The average molecular weight is 346 g/mol. The van der Waals surface area contributed by atoms with Crippen LogP contribution in [0.1, 0.15) is 5.69 Å². The average Bonchev–Trinajstić information content (AvgIpc) is 2.36. The van der Waals surface area contributed by atoms with Gasteiger partial charge < -0.3 is 4.57 Å². The molecule has 7 nitrogen and oxygen atoms in total. The predicted molar refractivity (Wildman–Crippen MR) is 71.2 cm³/mol. The highest BCUT2D eigenvalue weighted by atomic mass is 79.9. The van der Waals surface area contributed by atoms with Gasteiger partial charge in [0.15, 0.2) is 0 Å². The molecule has 0 aromatic carbocycles. The lowest BCUT2D eigenvalue weighted by molar-refractivity contribution is -0.386. The third kappa shape index (κ3) is 3.15. The van der Waals surface area contributed by atoms with Crippen molar-refractivity contribution in [2.45, 2.75) is 6.54 Å². The predicted octanol–water partition coefficient (Wildman–Crippen LogP) is 2.01. The van der Waals surface area contributed by atoms with Crippen molar-refractivity contribution in [2.24, 2.45) is 0 Å². The van der Waals surface area contributed by atoms with Gasteiger partial charge in [-0.25, -0.2) is 4.98 Å². The van der Waals surface area contributed by atoms with E-state index in [1.807, 2.05) is 0 Å². The molecule has 2 aromatic heterocycles. The minimum Gasteiger partial charge on any atom is -0.341 e. The van der Waals surface area contributed by atoms with E-state index >= 15 is 0 Å². The van der Waals surface area contributed by atoms with Gasteiger partial charge in [-0.3, -0.25) is 19.9 Å². The Kier molecular flexibility index (Phi) is 3.91. The molecule has 0 N–H and O–H groups in total. The second-order valence-corrected chi connectivity index (χ2v) is 4.82. The lowest BCUT2D eigenvalue weighted by Crippen LogP contribution is -2.14. The Morgan fingerprint density at radius 3 is 2.68 bits per heavy atom. The van der Waals surface area contributed by atoms with Crippen LogP contribution in [-0.4, -0.2) is 19.5 Å². The molecule has 0 saturated heterocycles. The molecule has 0 aliphatic carbocycles. The smallest absolute Gasteiger partial charge is 0.333 e. The number of pyridine rings is 1. The van der Waals surface area contributed by atoms with E-state index in [1.54, 1.807) is 0 Å². The van der Waals surface area contributed by atoms with Gasteiger partial charge in [0.2, 0.25) is 0 Å². The minimum atomic E-state index is -0.725. The summed E-state index contributed by atoms with van der Waals surface area (Å²) in [6.07, 6.45) is 5.44. The quantitative estimate of drug-likeness (QED) is 0.627. The second kappa shape index (κ2) is 5.45. The van der Waals surface area contributed by atoms with Gasteiger partial charge >= 0.3 is 5.69 Å². The van der Waals surface area contributed by atoms with Crippen LogP contribution in [0.5, 0.6) is 0 Å². The van der Waals surface area contributed by atoms with Crippen LogP contribution in [0, 0.1) is 10.1 Å². The zero-order chi connectivity index (χ0) is 14.0. The number of nitrogens with zero attached hydrogens (tertiary/aromatic N) is 4. The third-order valence-corrected chi connectivity index (χ3v) is 2.99. The fraction of sp³-hybridized carbons (Fsp3) is 0.100. The van der Waals surface area contributed by atoms with Gasteiger partial charge in [-0.05, 0) is 15.9 Å². The molecule has 0 radical (unpaired) electrons. The van der Waals surface area contributed by atoms with E-state index in [2.05, 4.69) is 25.9 Å². The normalized spacial score (nSPS) is 10.4. The molecule has 0 amide bonds. The fourth-order valence-corrected chi connectivity index (χ4v) is 1.97. The van der Waals surface area contributed by atoms with Crippen molar-refractivity contribution in [3.8, 4) is 0 Å². The maximum atomic E-state index is 11.5. The summed E-state index contributed by atoms with van der Waals surface area (Å²) >= 11 is 8.60. The van der Waals surface area contributed by atoms with Crippen molar-refractivity contribution in [2.75, 3.05) is 0 Å². The standard InChI is InChI=1S/C10H6BrClN4O3/c11-7-4-15(5-8(10(7)17)16(18)19)3-6-1-14-9(12)2-13-6/h1-2,4-5H,3H2. The first kappa shape index (κ1) is 13.6. The van der Waals surface area contributed by atoms with Gasteiger partial charge in [-0.2, -0.15) is 0 Å². The van der Waals surface area contributed by atoms with E-state index in [-0.39, 0.29) is 16.2 Å². The van der Waals surface area contributed by atoms with Crippen molar-refractivity contribution >= 4 is 33.2 Å². The molecule has 98 valence electrons. The fourth-order valence-electron chi connectivity index (χ4n) is 1.41. The maximum Gasteiger partial charge on any atom is 0.333 e. The van der Waals surface area contributed by atoms with Gasteiger partial charge in [0, 0.05) is 6.20 Å². The Hall–Kier alpha value is -1.80. The SMILES string of the molecule is O=c1c(Br)cn(Cc2cnc(Cl)cn2)cc1[N+](=O)[O-]. The Morgan fingerprint density at radius 1 is 1.37 bits per heavy atom. The topological polar surface area (TPSA) is 90.9 Å². The number of rotatable bonds is 3. The molecule has 2 rings (SSSR count). The molecular formula is C10H6BrClN4O3. The van der Waals surface area contributed by atoms with E-state index in [4.69, 9.17) is 11.6 Å². The second-order valence-electron chi connectivity index (χ2n) is 3.58. The number of hydrogen-bond donors (Lipinski definition) is 0. The van der Waals surface area contributed by atoms with Crippen molar-refractivity contribution in [1.29, 1.82) is 0 Å². The molecule has 0 bridgehead atoms. The first-order valence-electron chi connectivity index (χ1n) is 4.98. The third-order valence-electron chi connectivity index (χ3n) is 2.23. The highest BCUT2D eigenvalue weighted by Gasteiger charge is 2.16. The van der Waals surface area contributed by atoms with Crippen LogP contribution < -0.4 is 5.43 Å². The van der Waals surface area contributed by atoms with Crippen molar-refractivity contribution in [3.05, 3.63) is 60.4 Å². The molecule has 0 saturated carbocycles. The molecule has 0 aliphatic rings. The van der Waals surface area contributed by atoms with Crippen LogP contribution in [0.25, 0.3) is 0 Å². The summed E-state index contributed by atoms with van der Waals surface area (Å²) in [5.74, 6) is 0. The Bertz CT molecular complexity index is 686. The highest BCUT2D eigenvalue weighted by molar-refractivity contribution is 9.10. The molecule has 0 unspecified atom stereocenters. The van der Waals surface area contributed by atoms with Crippen LogP contribution in [0.2, 0.25) is 5.15 Å². The summed E-state index contributed by atoms with van der Waals surface area (Å²) in [5, 5.41) is 11.0. The summed E-state index contributed by atoms with van der Waals surface area (Å²) in [5.41, 5.74) is -0.603. The van der Waals surface area contributed by atoms with E-state index in [9.17, 15) is 14.9 Å². The first-order valence-corrected chi connectivity index (χ1v) is 6.15. The number of nitro groups is 1. The van der Waals surface area contributed by atoms with Gasteiger partial charge in [0.05, 0.1) is 40.2 Å². The summed E-state index contributed by atoms with van der Waals surface area (Å²) < 4.78 is 1.59. The van der Waals surface area contributed by atoms with Crippen LogP contribution in [-0.2, 0) is 6.54 Å². The molecule has 0 atom stereocenters. The Labute approximate surface area is 120 Å². The molecule has 9 heteroatoms. The van der Waals surface area contributed by atoms with Crippen molar-refractivity contribution in [1.82, 2.24) is 14.5 Å². The molecule has 0 spiro atoms. The molecule has 0 aliphatic heterocycles. The molecule has 19 heavy (non-hydrogen) atoms. The van der Waals surface area contributed by atoms with E-state index < -0.39 is 16.0 Å². The summed E-state index contributed by atoms with van der Waals surface area (Å²) in [4.78, 5) is 29.4. The van der Waals surface area contributed by atoms with Crippen molar-refractivity contribution < 1.29 is 4.92 Å². The zero-order valence-electron chi connectivity index (χ0n) is 9.29. The lowest BCUT2D eigenvalue weighted by Gasteiger charge is -2.06. The van der Waals surface area contributed by atoms with Crippen molar-refractivity contribution in [3.63, 3.8) is 0 Å².